The van der Waals surface area contributed by atoms with Gasteiger partial charge in [-0.25, -0.2) is 9.82 Å². The minimum atomic E-state index is -0.294. The van der Waals surface area contributed by atoms with E-state index >= 15 is 0 Å². The molecule has 0 aliphatic carbocycles. The third kappa shape index (κ3) is 3.12. The Labute approximate surface area is 119 Å². The molecule has 3 nitrogen and oxygen atoms in total. The molecular formula is C14H14BrFN2O. The monoisotopic (exact) mass is 324 g/mol. The first-order valence-electron chi connectivity index (χ1n) is 5.70. The summed E-state index contributed by atoms with van der Waals surface area (Å²) in [6.07, 6.45) is 0. The van der Waals surface area contributed by atoms with Crippen LogP contribution in [-0.4, -0.2) is 7.11 Å². The van der Waals surface area contributed by atoms with Crippen LogP contribution in [0.5, 0.6) is 5.75 Å². The molecule has 2 rings (SSSR count). The van der Waals surface area contributed by atoms with Gasteiger partial charge in [-0.05, 0) is 35.4 Å². The van der Waals surface area contributed by atoms with Crippen molar-refractivity contribution in [3.05, 3.63) is 63.9 Å². The van der Waals surface area contributed by atoms with Crippen LogP contribution in [0.1, 0.15) is 17.2 Å². The zero-order valence-corrected chi connectivity index (χ0v) is 11.9. The Kier molecular flexibility index (Phi) is 4.52. The number of halogens is 2. The van der Waals surface area contributed by atoms with Crippen LogP contribution in [0.4, 0.5) is 4.39 Å². The molecule has 1 unspecified atom stereocenters. The molecule has 0 saturated heterocycles. The summed E-state index contributed by atoms with van der Waals surface area (Å²) in [6.45, 7) is 0. The van der Waals surface area contributed by atoms with Crippen LogP contribution in [0.2, 0.25) is 0 Å². The van der Waals surface area contributed by atoms with Gasteiger partial charge in [0.05, 0.1) is 13.2 Å². The molecule has 19 heavy (non-hydrogen) atoms. The first kappa shape index (κ1) is 14.0. The molecule has 0 radical (unpaired) electrons. The van der Waals surface area contributed by atoms with Crippen molar-refractivity contribution in [2.24, 2.45) is 5.84 Å². The molecular weight excluding hydrogens is 311 g/mol. The molecule has 2 aromatic carbocycles. The van der Waals surface area contributed by atoms with Crippen molar-refractivity contribution in [1.29, 1.82) is 0 Å². The summed E-state index contributed by atoms with van der Waals surface area (Å²) in [5.41, 5.74) is 4.54. The zero-order chi connectivity index (χ0) is 13.8. The molecule has 100 valence electrons. The van der Waals surface area contributed by atoms with Crippen LogP contribution in [0.25, 0.3) is 0 Å². The Hall–Kier alpha value is -1.43. The van der Waals surface area contributed by atoms with E-state index in [-0.39, 0.29) is 11.9 Å². The van der Waals surface area contributed by atoms with Gasteiger partial charge in [0.25, 0.3) is 0 Å². The van der Waals surface area contributed by atoms with Gasteiger partial charge in [0.15, 0.2) is 0 Å². The molecule has 0 heterocycles. The summed E-state index contributed by atoms with van der Waals surface area (Å²) in [5, 5.41) is 0. The predicted octanol–water partition coefficient (Wildman–Crippen LogP) is 3.15. The minimum Gasteiger partial charge on any atom is -0.497 e. The van der Waals surface area contributed by atoms with Gasteiger partial charge in [0.2, 0.25) is 0 Å². The van der Waals surface area contributed by atoms with E-state index < -0.39 is 0 Å². The van der Waals surface area contributed by atoms with Crippen LogP contribution in [-0.2, 0) is 0 Å². The molecule has 0 spiro atoms. The Morgan fingerprint density at radius 3 is 2.68 bits per heavy atom. The van der Waals surface area contributed by atoms with E-state index in [0.717, 1.165) is 16.9 Å². The zero-order valence-electron chi connectivity index (χ0n) is 10.4. The lowest BCUT2D eigenvalue weighted by Gasteiger charge is -2.19. The van der Waals surface area contributed by atoms with Crippen LogP contribution in [0.15, 0.2) is 46.9 Å². The van der Waals surface area contributed by atoms with Crippen molar-refractivity contribution in [3.8, 4) is 5.75 Å². The lowest BCUT2D eigenvalue weighted by atomic mass is 9.99. The summed E-state index contributed by atoms with van der Waals surface area (Å²) in [4.78, 5) is 0. The number of benzene rings is 2. The van der Waals surface area contributed by atoms with Gasteiger partial charge in [0, 0.05) is 4.47 Å². The van der Waals surface area contributed by atoms with E-state index in [4.69, 9.17) is 10.6 Å². The maximum absolute atomic E-state index is 13.1. The van der Waals surface area contributed by atoms with E-state index in [9.17, 15) is 4.39 Å². The van der Waals surface area contributed by atoms with Gasteiger partial charge < -0.3 is 4.74 Å². The fraction of sp³-hybridized carbons (Fsp3) is 0.143. The predicted molar refractivity (Wildman–Crippen MR) is 76.3 cm³/mol. The Bertz CT molecular complexity index is 577. The number of hydrogen-bond donors (Lipinski definition) is 2. The highest BCUT2D eigenvalue weighted by atomic mass is 79.9. The van der Waals surface area contributed by atoms with Crippen LogP contribution < -0.4 is 16.0 Å². The van der Waals surface area contributed by atoms with Crippen molar-refractivity contribution in [3.63, 3.8) is 0 Å². The largest absolute Gasteiger partial charge is 0.497 e. The topological polar surface area (TPSA) is 47.3 Å². The summed E-state index contributed by atoms with van der Waals surface area (Å²) >= 11 is 3.35. The molecule has 0 bridgehead atoms. The number of methoxy groups -OCH3 is 1. The van der Waals surface area contributed by atoms with E-state index in [0.29, 0.717) is 4.47 Å². The number of ether oxygens (including phenoxy) is 1. The van der Waals surface area contributed by atoms with Crippen molar-refractivity contribution >= 4 is 15.9 Å². The van der Waals surface area contributed by atoms with Gasteiger partial charge in [-0.2, -0.15) is 0 Å². The van der Waals surface area contributed by atoms with Crippen molar-refractivity contribution in [2.75, 3.05) is 7.11 Å². The van der Waals surface area contributed by atoms with Crippen LogP contribution >= 0.6 is 15.9 Å². The second-order valence-electron chi connectivity index (χ2n) is 4.04. The fourth-order valence-electron chi connectivity index (χ4n) is 1.92. The lowest BCUT2D eigenvalue weighted by molar-refractivity contribution is 0.413. The number of hydrogen-bond acceptors (Lipinski definition) is 3. The van der Waals surface area contributed by atoms with Crippen LogP contribution in [0, 0.1) is 5.82 Å². The number of nitrogens with one attached hydrogen (secondary N) is 1. The maximum Gasteiger partial charge on any atom is 0.124 e. The first-order valence-corrected chi connectivity index (χ1v) is 6.50. The molecule has 3 N–H and O–H groups in total. The van der Waals surface area contributed by atoms with Gasteiger partial charge in [0.1, 0.15) is 11.6 Å². The highest BCUT2D eigenvalue weighted by Gasteiger charge is 2.16. The van der Waals surface area contributed by atoms with Crippen molar-refractivity contribution in [2.45, 2.75) is 6.04 Å². The number of hydrazine groups is 1. The smallest absolute Gasteiger partial charge is 0.124 e. The van der Waals surface area contributed by atoms with Crippen molar-refractivity contribution < 1.29 is 9.13 Å². The van der Waals surface area contributed by atoms with Gasteiger partial charge in [-0.3, -0.25) is 5.84 Å². The molecule has 0 aliphatic rings. The van der Waals surface area contributed by atoms with Crippen LogP contribution in [0.3, 0.4) is 0 Å². The van der Waals surface area contributed by atoms with E-state index in [1.807, 2.05) is 24.3 Å². The standard InChI is InChI=1S/C14H14BrFN2O/c1-19-11-4-2-3-9(7-11)14(18-17)12-6-5-10(16)8-13(12)15/h2-8,14,18H,17H2,1H3. The minimum absolute atomic E-state index is 0.245. The molecule has 0 amide bonds. The Morgan fingerprint density at radius 1 is 1.26 bits per heavy atom. The quantitative estimate of drug-likeness (QED) is 0.671. The molecule has 1 atom stereocenters. The third-order valence-corrected chi connectivity index (χ3v) is 3.55. The molecule has 0 aliphatic heterocycles. The van der Waals surface area contributed by atoms with Gasteiger partial charge in [-0.1, -0.05) is 34.1 Å². The summed E-state index contributed by atoms with van der Waals surface area (Å²) in [6, 6.07) is 11.8. The number of rotatable bonds is 4. The molecule has 5 heteroatoms. The third-order valence-electron chi connectivity index (χ3n) is 2.87. The average Bonchev–Trinajstić information content (AvgIpc) is 2.42. The molecule has 0 aromatic heterocycles. The Morgan fingerprint density at radius 2 is 2.05 bits per heavy atom. The van der Waals surface area contributed by atoms with Crippen molar-refractivity contribution in [1.82, 2.24) is 5.43 Å². The average molecular weight is 325 g/mol. The molecule has 0 saturated carbocycles. The Balaban J connectivity index is 2.43. The normalized spacial score (nSPS) is 12.2. The second kappa shape index (κ2) is 6.14. The van der Waals surface area contributed by atoms with E-state index in [2.05, 4.69) is 21.4 Å². The van der Waals surface area contributed by atoms with E-state index in [1.165, 1.54) is 12.1 Å². The highest BCUT2D eigenvalue weighted by Crippen LogP contribution is 2.30. The lowest BCUT2D eigenvalue weighted by Crippen LogP contribution is -2.29. The highest BCUT2D eigenvalue weighted by molar-refractivity contribution is 9.10. The summed E-state index contributed by atoms with van der Waals surface area (Å²) in [7, 11) is 1.61. The molecule has 0 fully saturated rings. The maximum atomic E-state index is 13.1. The first-order chi connectivity index (χ1) is 9.15. The molecule has 2 aromatic rings. The van der Waals surface area contributed by atoms with E-state index in [1.54, 1.807) is 13.2 Å². The van der Waals surface area contributed by atoms with Gasteiger partial charge in [-0.15, -0.1) is 0 Å². The summed E-state index contributed by atoms with van der Waals surface area (Å²) in [5.74, 6) is 6.08. The fourth-order valence-corrected chi connectivity index (χ4v) is 2.50. The second-order valence-corrected chi connectivity index (χ2v) is 4.90. The van der Waals surface area contributed by atoms with Gasteiger partial charge >= 0.3 is 0 Å². The summed E-state index contributed by atoms with van der Waals surface area (Å²) < 4.78 is 19.0. The SMILES string of the molecule is COc1cccc(C(NN)c2ccc(F)cc2Br)c1. The number of nitrogens with two attached hydrogens (primary N) is 1.